The van der Waals surface area contributed by atoms with Gasteiger partial charge in [-0.3, -0.25) is 0 Å². The third-order valence-electron chi connectivity index (χ3n) is 0. The van der Waals surface area contributed by atoms with Crippen molar-refractivity contribution < 1.29 is 26.8 Å². The molecule has 0 aliphatic carbocycles. The minimum atomic E-state index is -1.50. The first-order valence-electron chi connectivity index (χ1n) is 0.565. The summed E-state index contributed by atoms with van der Waals surface area (Å²) in [5.74, 6) is 0. The summed E-state index contributed by atoms with van der Waals surface area (Å²) in [6.45, 7) is 0. The smallest absolute Gasteiger partial charge is 0.291 e. The molecule has 0 spiro atoms. The van der Waals surface area contributed by atoms with Gasteiger partial charge in [-0.25, -0.2) is 0 Å². The van der Waals surface area contributed by atoms with E-state index in [0.717, 1.165) is 0 Å². The monoisotopic (exact) mass is 155 g/mol. The Balaban J connectivity index is -0.0000000150. The molecule has 7 heteroatoms. The molecule has 0 fully saturated rings. The molecule has 0 atom stereocenters. The fourth-order valence-electron chi connectivity index (χ4n) is 0. The molecule has 0 amide bonds. The van der Waals surface area contributed by atoms with E-state index in [1.54, 1.807) is 0 Å². The number of hydrogen-bond acceptors (Lipinski definition) is 4. The zero-order chi connectivity index (χ0) is 3.58. The van der Waals surface area contributed by atoms with Crippen molar-refractivity contribution in [2.24, 2.45) is 0 Å². The minimum absolute atomic E-state index is 0. The molecular formula is H7N3NiO3. The Morgan fingerprint density at radius 1 is 1.43 bits per heavy atom. The molecule has 0 aliphatic heterocycles. The molecule has 0 saturated carbocycles. The van der Waals surface area contributed by atoms with Crippen LogP contribution in [0.2, 0.25) is 0 Å². The van der Waals surface area contributed by atoms with Gasteiger partial charge in [-0.15, -0.1) is 10.1 Å². The molecule has 7 heavy (non-hydrogen) atoms. The zero-order valence-electron chi connectivity index (χ0n) is 3.44. The van der Waals surface area contributed by atoms with Crippen LogP contribution in [0.4, 0.5) is 0 Å². The summed E-state index contributed by atoms with van der Waals surface area (Å²) in [6.07, 6.45) is 0. The average molecular weight is 156 g/mol. The van der Waals surface area contributed by atoms with Gasteiger partial charge in [0.15, 0.2) is 0 Å². The predicted octanol–water partition coefficient (Wildman–Crippen LogP) is -0.0262. The molecule has 0 aromatic carbocycles. The van der Waals surface area contributed by atoms with Crippen molar-refractivity contribution >= 4 is 0 Å². The molecule has 0 radical (unpaired) electrons. The summed E-state index contributed by atoms with van der Waals surface area (Å²) in [4.78, 5) is 8.36. The Bertz CT molecular complexity index is 33.2. The molecule has 0 unspecified atom stereocenters. The summed E-state index contributed by atoms with van der Waals surface area (Å²) in [5.41, 5.74) is 0. The number of hydrogen-bond donors (Lipinski definition) is 3. The number of rotatable bonds is 0. The SMILES string of the molecule is N.N.O=[N+]([O-])O.[Ni]. The van der Waals surface area contributed by atoms with E-state index < -0.39 is 5.09 Å². The zero-order valence-corrected chi connectivity index (χ0v) is 4.43. The molecule has 0 aliphatic rings. The minimum Gasteiger partial charge on any atom is -0.344 e. The Labute approximate surface area is 50.1 Å². The third kappa shape index (κ3) is 491. The summed E-state index contributed by atoms with van der Waals surface area (Å²) in [6, 6.07) is 0. The van der Waals surface area contributed by atoms with E-state index in [0.29, 0.717) is 0 Å². The van der Waals surface area contributed by atoms with Gasteiger partial charge in [0.1, 0.15) is 0 Å². The normalized spacial score (nSPS) is 3.43. The van der Waals surface area contributed by atoms with Crippen LogP contribution in [-0.4, -0.2) is 10.3 Å². The van der Waals surface area contributed by atoms with Gasteiger partial charge in [0.25, 0.3) is 5.09 Å². The van der Waals surface area contributed by atoms with Crippen molar-refractivity contribution in [1.29, 1.82) is 0 Å². The Kier molecular flexibility index (Phi) is 76.2. The van der Waals surface area contributed by atoms with Crippen molar-refractivity contribution in [3.05, 3.63) is 10.1 Å². The maximum atomic E-state index is 8.36. The van der Waals surface area contributed by atoms with Crippen LogP contribution in [0, 0.1) is 10.1 Å². The first-order chi connectivity index (χ1) is 1.73. The van der Waals surface area contributed by atoms with Gasteiger partial charge in [-0.1, -0.05) is 0 Å². The quantitative estimate of drug-likeness (QED) is 0.257. The molecule has 0 rings (SSSR count). The molecule has 0 heterocycles. The Morgan fingerprint density at radius 2 is 1.43 bits per heavy atom. The molecule has 6 nitrogen and oxygen atoms in total. The van der Waals surface area contributed by atoms with Gasteiger partial charge in [-0.2, -0.15) is 0 Å². The van der Waals surface area contributed by atoms with Crippen molar-refractivity contribution in [3.8, 4) is 0 Å². The van der Waals surface area contributed by atoms with Crippen LogP contribution < -0.4 is 12.3 Å². The summed E-state index contributed by atoms with van der Waals surface area (Å²) < 4.78 is 0. The summed E-state index contributed by atoms with van der Waals surface area (Å²) in [7, 11) is 0. The first kappa shape index (κ1) is 30.5. The van der Waals surface area contributed by atoms with Crippen molar-refractivity contribution in [1.82, 2.24) is 12.3 Å². The van der Waals surface area contributed by atoms with E-state index in [1.807, 2.05) is 0 Å². The van der Waals surface area contributed by atoms with E-state index in [1.165, 1.54) is 0 Å². The summed E-state index contributed by atoms with van der Waals surface area (Å²) in [5, 5.41) is 13.6. The maximum absolute atomic E-state index is 8.36. The average Bonchev–Trinajstić information content (AvgIpc) is 0.811. The molecular weight excluding hydrogens is 149 g/mol. The van der Waals surface area contributed by atoms with Crippen LogP contribution in [0.5, 0.6) is 0 Å². The van der Waals surface area contributed by atoms with Gasteiger partial charge in [-0.05, 0) is 0 Å². The van der Waals surface area contributed by atoms with E-state index in [-0.39, 0.29) is 28.8 Å². The van der Waals surface area contributed by atoms with Crippen LogP contribution in [0.25, 0.3) is 0 Å². The van der Waals surface area contributed by atoms with E-state index in [4.69, 9.17) is 15.3 Å². The molecule has 0 saturated heterocycles. The third-order valence-corrected chi connectivity index (χ3v) is 0. The second kappa shape index (κ2) is 17.5. The van der Waals surface area contributed by atoms with Crippen molar-refractivity contribution in [2.45, 2.75) is 0 Å². The van der Waals surface area contributed by atoms with Crippen LogP contribution in [0.15, 0.2) is 0 Å². The largest absolute Gasteiger partial charge is 0.344 e. The second-order valence-corrected chi connectivity index (χ2v) is 0.238. The van der Waals surface area contributed by atoms with Gasteiger partial charge in [0, 0.05) is 16.5 Å². The van der Waals surface area contributed by atoms with Crippen LogP contribution in [0.1, 0.15) is 0 Å². The van der Waals surface area contributed by atoms with Crippen LogP contribution in [0.3, 0.4) is 0 Å². The maximum Gasteiger partial charge on any atom is 0.291 e. The van der Waals surface area contributed by atoms with Gasteiger partial charge >= 0.3 is 0 Å². The Morgan fingerprint density at radius 3 is 1.43 bits per heavy atom. The van der Waals surface area contributed by atoms with Crippen LogP contribution >= 0.6 is 0 Å². The van der Waals surface area contributed by atoms with E-state index >= 15 is 0 Å². The molecule has 0 bridgehead atoms. The molecule has 50 valence electrons. The van der Waals surface area contributed by atoms with Gasteiger partial charge in [0.2, 0.25) is 0 Å². The fraction of sp³-hybridized carbons (Fsp3) is 0. The standard InChI is InChI=1S/HNO3.2H3N.Ni/c2-1(3)4;;;/h(H,2,3,4);2*1H3;. The Hall–Kier alpha value is -0.386. The molecule has 7 N–H and O–H groups in total. The first-order valence-corrected chi connectivity index (χ1v) is 0.565. The van der Waals surface area contributed by atoms with E-state index in [2.05, 4.69) is 0 Å². The van der Waals surface area contributed by atoms with E-state index in [9.17, 15) is 0 Å². The fourth-order valence-corrected chi connectivity index (χ4v) is 0. The number of nitrogens with zero attached hydrogens (tertiary/aromatic N) is 1. The van der Waals surface area contributed by atoms with Crippen molar-refractivity contribution in [2.75, 3.05) is 0 Å². The predicted molar refractivity (Wildman–Crippen MR) is 18.8 cm³/mol. The topological polar surface area (TPSA) is 133 Å². The molecule has 0 aromatic heterocycles. The summed E-state index contributed by atoms with van der Waals surface area (Å²) >= 11 is 0. The van der Waals surface area contributed by atoms with Gasteiger partial charge < -0.3 is 17.5 Å². The molecule has 0 aromatic rings. The van der Waals surface area contributed by atoms with Crippen molar-refractivity contribution in [3.63, 3.8) is 0 Å². The van der Waals surface area contributed by atoms with Gasteiger partial charge in [0.05, 0.1) is 0 Å². The van der Waals surface area contributed by atoms with Crippen LogP contribution in [-0.2, 0) is 16.5 Å². The second-order valence-electron chi connectivity index (χ2n) is 0.238.